The minimum atomic E-state index is 0.0602. The van der Waals surface area contributed by atoms with E-state index in [1.54, 1.807) is 6.20 Å². The van der Waals surface area contributed by atoms with Gasteiger partial charge in [0.25, 0.3) is 0 Å². The van der Waals surface area contributed by atoms with Crippen molar-refractivity contribution in [1.82, 2.24) is 10.3 Å². The molecule has 2 aromatic rings. The molecule has 0 saturated carbocycles. The van der Waals surface area contributed by atoms with Gasteiger partial charge in [0.15, 0.2) is 0 Å². The minimum absolute atomic E-state index is 0.0602. The van der Waals surface area contributed by atoms with Crippen LogP contribution in [-0.2, 0) is 6.54 Å². The lowest BCUT2D eigenvalue weighted by atomic mass is 10.1. The molecule has 0 aliphatic heterocycles. The van der Waals surface area contributed by atoms with E-state index < -0.39 is 0 Å². The minimum Gasteiger partial charge on any atom is -0.457 e. The molecule has 0 amide bonds. The average Bonchev–Trinajstić information content (AvgIpc) is 2.39. The normalized spacial score (nSPS) is 11.4. The van der Waals surface area contributed by atoms with Gasteiger partial charge in [0.1, 0.15) is 11.5 Å². The molecule has 0 fully saturated rings. The molecule has 0 bridgehead atoms. The zero-order valence-electron chi connectivity index (χ0n) is 12.0. The zero-order valence-corrected chi connectivity index (χ0v) is 13.6. The highest BCUT2D eigenvalue weighted by molar-refractivity contribution is 9.10. The van der Waals surface area contributed by atoms with Crippen LogP contribution >= 0.6 is 15.9 Å². The second kappa shape index (κ2) is 6.37. The largest absolute Gasteiger partial charge is 0.457 e. The highest BCUT2D eigenvalue weighted by Gasteiger charge is 2.11. The lowest BCUT2D eigenvalue weighted by molar-refractivity contribution is 0.413. The Hall–Kier alpha value is -1.39. The van der Waals surface area contributed by atoms with Crippen LogP contribution in [0.5, 0.6) is 11.5 Å². The smallest absolute Gasteiger partial charge is 0.134 e. The van der Waals surface area contributed by atoms with Crippen LogP contribution in [-0.4, -0.2) is 10.5 Å². The van der Waals surface area contributed by atoms with Crippen LogP contribution in [0.1, 0.15) is 26.3 Å². The second-order valence-electron chi connectivity index (χ2n) is 5.64. The number of halogens is 1. The van der Waals surface area contributed by atoms with Gasteiger partial charge in [-0.15, -0.1) is 0 Å². The van der Waals surface area contributed by atoms with Crippen LogP contribution in [0.4, 0.5) is 0 Å². The molecule has 0 radical (unpaired) electrons. The standard InChI is InChI=1S/C16H19BrN2O/c1-16(2,3)19-11-12-10-18-9-8-15(12)20-14-6-4-13(17)5-7-14/h4-10,19H,11H2,1-3H3. The maximum absolute atomic E-state index is 5.93. The Morgan fingerprint density at radius 1 is 1.15 bits per heavy atom. The fraction of sp³-hybridized carbons (Fsp3) is 0.312. The van der Waals surface area contributed by atoms with Gasteiger partial charge in [0.2, 0.25) is 0 Å². The van der Waals surface area contributed by atoms with Crippen LogP contribution < -0.4 is 10.1 Å². The molecule has 0 aliphatic rings. The summed E-state index contributed by atoms with van der Waals surface area (Å²) in [5.41, 5.74) is 1.11. The molecule has 3 nitrogen and oxygen atoms in total. The third kappa shape index (κ3) is 4.62. The van der Waals surface area contributed by atoms with Crippen LogP contribution in [0, 0.1) is 0 Å². The maximum Gasteiger partial charge on any atom is 0.134 e. The quantitative estimate of drug-likeness (QED) is 0.892. The Bertz CT molecular complexity index is 561. The Labute approximate surface area is 128 Å². The summed E-state index contributed by atoms with van der Waals surface area (Å²) in [6.45, 7) is 7.14. The molecule has 2 rings (SSSR count). The number of nitrogens with one attached hydrogen (secondary N) is 1. The van der Waals surface area contributed by atoms with Crippen LogP contribution in [0.15, 0.2) is 47.2 Å². The van der Waals surface area contributed by atoms with E-state index in [-0.39, 0.29) is 5.54 Å². The van der Waals surface area contributed by atoms with Crippen molar-refractivity contribution in [2.24, 2.45) is 0 Å². The van der Waals surface area contributed by atoms with Crippen molar-refractivity contribution >= 4 is 15.9 Å². The number of aromatic nitrogens is 1. The van der Waals surface area contributed by atoms with Crippen molar-refractivity contribution in [2.45, 2.75) is 32.9 Å². The van der Waals surface area contributed by atoms with E-state index in [0.29, 0.717) is 0 Å². The SMILES string of the molecule is CC(C)(C)NCc1cnccc1Oc1ccc(Br)cc1. The summed E-state index contributed by atoms with van der Waals surface area (Å²) < 4.78 is 6.97. The fourth-order valence-electron chi connectivity index (χ4n) is 1.64. The molecule has 0 spiro atoms. The molecule has 1 aromatic heterocycles. The van der Waals surface area contributed by atoms with E-state index in [1.165, 1.54) is 0 Å². The number of nitrogens with zero attached hydrogens (tertiary/aromatic N) is 1. The van der Waals surface area contributed by atoms with Crippen molar-refractivity contribution in [3.63, 3.8) is 0 Å². The number of ether oxygens (including phenoxy) is 1. The second-order valence-corrected chi connectivity index (χ2v) is 6.56. The van der Waals surface area contributed by atoms with E-state index in [0.717, 1.165) is 28.1 Å². The van der Waals surface area contributed by atoms with E-state index in [9.17, 15) is 0 Å². The summed E-state index contributed by atoms with van der Waals surface area (Å²) in [5.74, 6) is 1.65. The first-order valence-electron chi connectivity index (χ1n) is 6.55. The maximum atomic E-state index is 5.93. The summed E-state index contributed by atoms with van der Waals surface area (Å²) in [6.07, 6.45) is 3.59. The Morgan fingerprint density at radius 3 is 2.50 bits per heavy atom. The van der Waals surface area contributed by atoms with Gasteiger partial charge in [-0.3, -0.25) is 4.98 Å². The molecular formula is C16H19BrN2O. The van der Waals surface area contributed by atoms with Crippen LogP contribution in [0.2, 0.25) is 0 Å². The number of hydrogen-bond acceptors (Lipinski definition) is 3. The lowest BCUT2D eigenvalue weighted by Crippen LogP contribution is -2.35. The van der Waals surface area contributed by atoms with E-state index in [1.807, 2.05) is 36.5 Å². The fourth-order valence-corrected chi connectivity index (χ4v) is 1.90. The van der Waals surface area contributed by atoms with Crippen molar-refractivity contribution in [1.29, 1.82) is 0 Å². The first kappa shape index (κ1) is 15.0. The summed E-state index contributed by atoms with van der Waals surface area (Å²) in [7, 11) is 0. The molecule has 0 aliphatic carbocycles. The number of rotatable bonds is 4. The van der Waals surface area contributed by atoms with Crippen molar-refractivity contribution in [2.75, 3.05) is 0 Å². The van der Waals surface area contributed by atoms with Crippen LogP contribution in [0.3, 0.4) is 0 Å². The van der Waals surface area contributed by atoms with Crippen molar-refractivity contribution < 1.29 is 4.74 Å². The van der Waals surface area contributed by atoms with E-state index >= 15 is 0 Å². The van der Waals surface area contributed by atoms with Gasteiger partial charge in [-0.2, -0.15) is 0 Å². The zero-order chi connectivity index (χ0) is 14.6. The molecular weight excluding hydrogens is 316 g/mol. The number of benzene rings is 1. The van der Waals surface area contributed by atoms with Crippen molar-refractivity contribution in [3.8, 4) is 11.5 Å². The van der Waals surface area contributed by atoms with E-state index in [2.05, 4.69) is 47.0 Å². The monoisotopic (exact) mass is 334 g/mol. The molecule has 1 heterocycles. The molecule has 1 aromatic carbocycles. The summed E-state index contributed by atoms with van der Waals surface area (Å²) in [6, 6.07) is 9.69. The van der Waals surface area contributed by atoms with Crippen LogP contribution in [0.25, 0.3) is 0 Å². The first-order chi connectivity index (χ1) is 9.44. The number of hydrogen-bond donors (Lipinski definition) is 1. The highest BCUT2D eigenvalue weighted by Crippen LogP contribution is 2.26. The average molecular weight is 335 g/mol. The van der Waals surface area contributed by atoms with Gasteiger partial charge < -0.3 is 10.1 Å². The molecule has 4 heteroatoms. The predicted octanol–water partition coefficient (Wildman–Crippen LogP) is 4.52. The van der Waals surface area contributed by atoms with Crippen molar-refractivity contribution in [3.05, 3.63) is 52.8 Å². The molecule has 0 saturated heterocycles. The molecule has 0 unspecified atom stereocenters. The summed E-state index contributed by atoms with van der Waals surface area (Å²) >= 11 is 3.42. The highest BCUT2D eigenvalue weighted by atomic mass is 79.9. The van der Waals surface area contributed by atoms with E-state index in [4.69, 9.17) is 4.74 Å². The summed E-state index contributed by atoms with van der Waals surface area (Å²) in [5, 5.41) is 3.45. The molecule has 0 atom stereocenters. The third-order valence-corrected chi connectivity index (χ3v) is 3.24. The first-order valence-corrected chi connectivity index (χ1v) is 7.35. The van der Waals surface area contributed by atoms with Gasteiger partial charge >= 0.3 is 0 Å². The number of pyridine rings is 1. The molecule has 1 N–H and O–H groups in total. The Morgan fingerprint density at radius 2 is 1.85 bits per heavy atom. The molecule has 20 heavy (non-hydrogen) atoms. The van der Waals surface area contributed by atoms with Gasteiger partial charge in [0.05, 0.1) is 0 Å². The Kier molecular flexibility index (Phi) is 4.78. The topological polar surface area (TPSA) is 34.2 Å². The third-order valence-electron chi connectivity index (χ3n) is 2.71. The summed E-state index contributed by atoms with van der Waals surface area (Å²) in [4.78, 5) is 4.17. The Balaban J connectivity index is 2.13. The lowest BCUT2D eigenvalue weighted by Gasteiger charge is -2.21. The molecule has 106 valence electrons. The van der Waals surface area contributed by atoms with Gasteiger partial charge in [-0.1, -0.05) is 15.9 Å². The van der Waals surface area contributed by atoms with Gasteiger partial charge in [-0.25, -0.2) is 0 Å². The van der Waals surface area contributed by atoms with Gasteiger partial charge in [0, 0.05) is 34.5 Å². The van der Waals surface area contributed by atoms with Gasteiger partial charge in [-0.05, 0) is 51.1 Å². The predicted molar refractivity (Wildman–Crippen MR) is 85.0 cm³/mol.